The fraction of sp³-hybridized carbons (Fsp3) is 0.875. The summed E-state index contributed by atoms with van der Waals surface area (Å²) in [6.45, 7) is 0. The van der Waals surface area contributed by atoms with E-state index in [1.54, 1.807) is 0 Å². The third-order valence-corrected chi connectivity index (χ3v) is 4.48. The van der Waals surface area contributed by atoms with Gasteiger partial charge in [0.15, 0.2) is 15.9 Å². The molecule has 0 amide bonds. The zero-order valence-electron chi connectivity index (χ0n) is 8.02. The van der Waals surface area contributed by atoms with Crippen molar-refractivity contribution >= 4 is 15.8 Å². The molecule has 1 atom stereocenters. The van der Waals surface area contributed by atoms with Crippen LogP contribution in [0.5, 0.6) is 0 Å². The predicted molar refractivity (Wildman–Crippen MR) is 47.5 cm³/mol. The Kier molecular flexibility index (Phi) is 1.91. The van der Waals surface area contributed by atoms with E-state index in [-0.39, 0.29) is 5.25 Å². The Morgan fingerprint density at radius 1 is 1.50 bits per heavy atom. The van der Waals surface area contributed by atoms with Gasteiger partial charge >= 0.3 is 5.97 Å². The lowest BCUT2D eigenvalue weighted by atomic mass is 9.81. The molecule has 0 aromatic rings. The number of carbonyl (C=O) groups excluding carboxylic acids is 1. The molecule has 0 aromatic heterocycles. The molecule has 1 aliphatic heterocycles. The molecule has 80 valence electrons. The van der Waals surface area contributed by atoms with Crippen LogP contribution >= 0.6 is 0 Å². The van der Waals surface area contributed by atoms with Crippen molar-refractivity contribution in [3.63, 3.8) is 0 Å². The second-order valence-electron chi connectivity index (χ2n) is 3.95. The molecule has 2 fully saturated rings. The number of rotatable bonds is 2. The minimum atomic E-state index is -2.99. The van der Waals surface area contributed by atoms with E-state index in [1.807, 2.05) is 0 Å². The second-order valence-corrected chi connectivity index (χ2v) is 6.27. The van der Waals surface area contributed by atoms with Gasteiger partial charge in [-0.25, -0.2) is 13.2 Å². The molecule has 0 aromatic carbocycles. The molecule has 5 nitrogen and oxygen atoms in total. The van der Waals surface area contributed by atoms with Crippen molar-refractivity contribution in [2.24, 2.45) is 0 Å². The highest BCUT2D eigenvalue weighted by Crippen LogP contribution is 2.54. The highest BCUT2D eigenvalue weighted by atomic mass is 32.2. The highest BCUT2D eigenvalue weighted by molar-refractivity contribution is 7.91. The summed E-state index contributed by atoms with van der Waals surface area (Å²) in [7, 11) is -1.69. The summed E-state index contributed by atoms with van der Waals surface area (Å²) in [5, 5.41) is -0.350. The van der Waals surface area contributed by atoms with Crippen molar-refractivity contribution < 1.29 is 22.7 Å². The lowest BCUT2D eigenvalue weighted by Gasteiger charge is -2.31. The second kappa shape index (κ2) is 2.70. The normalized spacial score (nSPS) is 40.4. The number of ether oxygens (including phenoxy) is 2. The standard InChI is InChI=1S/C8H12O5S/c1-12-7(9)6-8(13-6)3-5(4-8)14(2,10)11/h5-6H,3-4H2,1-2H3. The van der Waals surface area contributed by atoms with Gasteiger partial charge in [0, 0.05) is 6.26 Å². The van der Waals surface area contributed by atoms with Gasteiger partial charge in [-0.05, 0) is 12.8 Å². The molecule has 1 unspecified atom stereocenters. The Morgan fingerprint density at radius 3 is 2.50 bits per heavy atom. The van der Waals surface area contributed by atoms with E-state index in [1.165, 1.54) is 13.4 Å². The Morgan fingerprint density at radius 2 is 2.07 bits per heavy atom. The van der Waals surface area contributed by atoms with Crippen molar-refractivity contribution in [2.45, 2.75) is 29.8 Å². The number of methoxy groups -OCH3 is 1. The molecule has 1 saturated heterocycles. The molecule has 1 aliphatic carbocycles. The zero-order chi connectivity index (χ0) is 10.6. The van der Waals surface area contributed by atoms with Crippen LogP contribution in [0.4, 0.5) is 0 Å². The Balaban J connectivity index is 1.94. The van der Waals surface area contributed by atoms with Gasteiger partial charge in [-0.1, -0.05) is 0 Å². The first kappa shape index (κ1) is 9.92. The molecule has 1 saturated carbocycles. The third kappa shape index (κ3) is 1.33. The minimum absolute atomic E-state index is 0.350. The summed E-state index contributed by atoms with van der Waals surface area (Å²) in [5.41, 5.74) is -0.513. The molecule has 6 heteroatoms. The number of sulfone groups is 1. The fourth-order valence-electron chi connectivity index (χ4n) is 1.89. The van der Waals surface area contributed by atoms with Gasteiger partial charge in [0.1, 0.15) is 5.60 Å². The van der Waals surface area contributed by atoms with Crippen molar-refractivity contribution in [2.75, 3.05) is 13.4 Å². The third-order valence-electron chi connectivity index (χ3n) is 2.94. The van der Waals surface area contributed by atoms with Gasteiger partial charge in [0.25, 0.3) is 0 Å². The van der Waals surface area contributed by atoms with Gasteiger partial charge in [0.2, 0.25) is 0 Å². The Hall–Kier alpha value is -0.620. The van der Waals surface area contributed by atoms with Crippen LogP contribution in [-0.2, 0) is 24.1 Å². The first-order valence-corrected chi connectivity index (χ1v) is 6.29. The maximum atomic E-state index is 11.1. The summed E-state index contributed by atoms with van der Waals surface area (Å²) in [4.78, 5) is 11.0. The summed E-state index contributed by atoms with van der Waals surface area (Å²) < 4.78 is 31.9. The van der Waals surface area contributed by atoms with Gasteiger partial charge in [-0.3, -0.25) is 0 Å². The van der Waals surface area contributed by atoms with Gasteiger partial charge in [0.05, 0.1) is 12.4 Å². The van der Waals surface area contributed by atoms with E-state index in [4.69, 9.17) is 4.74 Å². The van der Waals surface area contributed by atoms with Crippen LogP contribution in [0.2, 0.25) is 0 Å². The topological polar surface area (TPSA) is 73.0 Å². The number of carbonyl (C=O) groups is 1. The average molecular weight is 220 g/mol. The molecule has 14 heavy (non-hydrogen) atoms. The quantitative estimate of drug-likeness (QED) is 0.463. The molecule has 0 N–H and O–H groups in total. The molecular weight excluding hydrogens is 208 g/mol. The van der Waals surface area contributed by atoms with Crippen LogP contribution in [0.1, 0.15) is 12.8 Å². The number of hydrogen-bond donors (Lipinski definition) is 0. The van der Waals surface area contributed by atoms with Crippen LogP contribution in [0.25, 0.3) is 0 Å². The van der Waals surface area contributed by atoms with Crippen molar-refractivity contribution in [3.8, 4) is 0 Å². The fourth-order valence-corrected chi connectivity index (χ4v) is 3.06. The van der Waals surface area contributed by atoms with Crippen LogP contribution < -0.4 is 0 Å². The van der Waals surface area contributed by atoms with Crippen molar-refractivity contribution in [1.82, 2.24) is 0 Å². The number of epoxide rings is 1. The average Bonchev–Trinajstić information content (AvgIpc) is 2.72. The van der Waals surface area contributed by atoms with Crippen LogP contribution in [0.3, 0.4) is 0 Å². The maximum absolute atomic E-state index is 11.1. The van der Waals surface area contributed by atoms with E-state index in [0.29, 0.717) is 12.8 Å². The molecule has 2 aliphatic rings. The first-order chi connectivity index (χ1) is 6.39. The molecule has 1 heterocycles. The highest BCUT2D eigenvalue weighted by Gasteiger charge is 2.69. The lowest BCUT2D eigenvalue weighted by Crippen LogP contribution is -2.44. The number of hydrogen-bond acceptors (Lipinski definition) is 5. The number of esters is 1. The minimum Gasteiger partial charge on any atom is -0.467 e. The predicted octanol–water partition coefficient (Wildman–Crippen LogP) is -0.496. The molecule has 2 rings (SSSR count). The Labute approximate surface area is 82.3 Å². The first-order valence-electron chi connectivity index (χ1n) is 4.33. The van der Waals surface area contributed by atoms with Gasteiger partial charge < -0.3 is 9.47 Å². The van der Waals surface area contributed by atoms with Gasteiger partial charge in [-0.15, -0.1) is 0 Å². The maximum Gasteiger partial charge on any atom is 0.338 e. The van der Waals surface area contributed by atoms with Crippen molar-refractivity contribution in [1.29, 1.82) is 0 Å². The zero-order valence-corrected chi connectivity index (χ0v) is 8.83. The van der Waals surface area contributed by atoms with E-state index in [0.717, 1.165) is 0 Å². The lowest BCUT2D eigenvalue weighted by molar-refractivity contribution is -0.142. The van der Waals surface area contributed by atoms with Crippen LogP contribution in [0, 0.1) is 0 Å². The molecule has 1 spiro atoms. The summed E-state index contributed by atoms with van der Waals surface area (Å²) >= 11 is 0. The van der Waals surface area contributed by atoms with E-state index >= 15 is 0 Å². The monoisotopic (exact) mass is 220 g/mol. The SMILES string of the molecule is COC(=O)C1OC12CC(S(C)(=O)=O)C2. The summed E-state index contributed by atoms with van der Waals surface area (Å²) in [5.74, 6) is -0.406. The molecule has 0 radical (unpaired) electrons. The van der Waals surface area contributed by atoms with Gasteiger partial charge in [-0.2, -0.15) is 0 Å². The van der Waals surface area contributed by atoms with E-state index < -0.39 is 27.5 Å². The molecule has 0 bridgehead atoms. The Bertz CT molecular complexity index is 365. The summed E-state index contributed by atoms with van der Waals surface area (Å²) in [6, 6.07) is 0. The smallest absolute Gasteiger partial charge is 0.338 e. The van der Waals surface area contributed by atoms with Crippen molar-refractivity contribution in [3.05, 3.63) is 0 Å². The van der Waals surface area contributed by atoms with Crippen LogP contribution in [-0.4, -0.2) is 44.7 Å². The summed E-state index contributed by atoms with van der Waals surface area (Å²) in [6.07, 6.45) is 1.52. The van der Waals surface area contributed by atoms with Crippen LogP contribution in [0.15, 0.2) is 0 Å². The van der Waals surface area contributed by atoms with E-state index in [9.17, 15) is 13.2 Å². The molecular formula is C8H12O5S. The van der Waals surface area contributed by atoms with E-state index in [2.05, 4.69) is 4.74 Å². The largest absolute Gasteiger partial charge is 0.467 e.